The molecule has 0 saturated heterocycles. The van der Waals surface area contributed by atoms with Crippen LogP contribution in [-0.4, -0.2) is 8.07 Å². The fourth-order valence-corrected chi connectivity index (χ4v) is 12.5. The highest BCUT2D eigenvalue weighted by molar-refractivity contribution is 7.34. The Kier molecular flexibility index (Phi) is 7.75. The van der Waals surface area contributed by atoms with Gasteiger partial charge in [-0.2, -0.15) is 0 Å². The molecule has 0 fully saturated rings. The summed E-state index contributed by atoms with van der Waals surface area (Å²) in [5.41, 5.74) is 4.81. The Morgan fingerprint density at radius 1 is 0.319 bits per heavy atom. The van der Waals surface area contributed by atoms with Crippen LogP contribution in [0.1, 0.15) is 0 Å². The van der Waals surface area contributed by atoms with Gasteiger partial charge in [0.2, 0.25) is 0 Å². The number of rotatable bonds is 7. The maximum Gasteiger partial charge on any atom is 0.179 e. The van der Waals surface area contributed by atoms with Gasteiger partial charge in [-0.25, -0.2) is 0 Å². The average molecular weight is 637 g/mol. The van der Waals surface area contributed by atoms with Crippen molar-refractivity contribution in [1.82, 2.24) is 0 Å². The highest BCUT2D eigenvalue weighted by Gasteiger charge is 2.41. The van der Waals surface area contributed by atoms with Gasteiger partial charge in [-0.15, -0.1) is 0 Å². The van der Waals surface area contributed by atoms with Gasteiger partial charge in [0.05, 0.1) is 8.46 Å². The fourth-order valence-electron chi connectivity index (χ4n) is 7.43. The van der Waals surface area contributed by atoms with E-state index in [9.17, 15) is 4.57 Å². The molecule has 224 valence electrons. The highest BCUT2D eigenvalue weighted by atomic mass is 31.1. The molecule has 1 atom stereocenters. The monoisotopic (exact) mass is 636 g/mol. The van der Waals surface area contributed by atoms with E-state index in [1.165, 1.54) is 59.0 Å². The molecule has 8 rings (SSSR count). The van der Waals surface area contributed by atoms with Crippen molar-refractivity contribution in [1.29, 1.82) is 0 Å². The van der Waals surface area contributed by atoms with Gasteiger partial charge < -0.3 is 4.57 Å². The third-order valence-electron chi connectivity index (χ3n) is 9.49. The number of hydrogen-bond acceptors (Lipinski definition) is 1. The van der Waals surface area contributed by atoms with Crippen molar-refractivity contribution < 1.29 is 4.57 Å². The predicted octanol–water partition coefficient (Wildman–Crippen LogP) is 8.09. The lowest BCUT2D eigenvalue weighted by Crippen LogP contribution is -2.74. The van der Waals surface area contributed by atoms with Gasteiger partial charge in [0, 0.05) is 5.30 Å². The van der Waals surface area contributed by atoms with Crippen molar-refractivity contribution in [3.8, 4) is 22.3 Å². The minimum atomic E-state index is -2.61. The minimum Gasteiger partial charge on any atom is -0.325 e. The Labute approximate surface area is 278 Å². The van der Waals surface area contributed by atoms with Gasteiger partial charge >= 0.3 is 0 Å². The van der Waals surface area contributed by atoms with E-state index in [0.29, 0.717) is 0 Å². The minimum absolute atomic E-state index is 0.889. The van der Waals surface area contributed by atoms with E-state index in [-0.39, 0.29) is 0 Å². The van der Waals surface area contributed by atoms with E-state index >= 15 is 0 Å². The first-order valence-electron chi connectivity index (χ1n) is 16.1. The van der Waals surface area contributed by atoms with Crippen LogP contribution in [0, 0.1) is 0 Å². The molecule has 0 bridgehead atoms. The molecule has 8 aromatic rings. The Morgan fingerprint density at radius 3 is 0.957 bits per heavy atom. The molecule has 0 aliphatic rings. The quantitative estimate of drug-likeness (QED) is 0.0748. The van der Waals surface area contributed by atoms with Crippen molar-refractivity contribution in [3.63, 3.8) is 0 Å². The molecule has 0 aliphatic carbocycles. The molecule has 0 heterocycles. The Morgan fingerprint density at radius 2 is 0.617 bits per heavy atom. The predicted molar refractivity (Wildman–Crippen MR) is 206 cm³/mol. The molecule has 0 radical (unpaired) electrons. The number of fused-ring (bicyclic) bond motifs is 2. The largest absolute Gasteiger partial charge is 0.325 e. The van der Waals surface area contributed by atoms with Crippen LogP contribution in [0.4, 0.5) is 0 Å². The second kappa shape index (κ2) is 12.5. The Bertz CT molecular complexity index is 2180. The van der Waals surface area contributed by atoms with Crippen molar-refractivity contribution >= 4 is 64.1 Å². The molecule has 47 heavy (non-hydrogen) atoms. The first-order valence-corrected chi connectivity index (χ1v) is 19.1. The lowest BCUT2D eigenvalue weighted by molar-refractivity contribution is 0.603. The van der Waals surface area contributed by atoms with Crippen molar-refractivity contribution in [3.05, 3.63) is 188 Å². The van der Waals surface area contributed by atoms with E-state index in [2.05, 4.69) is 176 Å². The van der Waals surface area contributed by atoms with Crippen molar-refractivity contribution in [2.75, 3.05) is 0 Å². The smallest absolute Gasteiger partial charge is 0.179 e. The van der Waals surface area contributed by atoms with Crippen LogP contribution in [0.3, 0.4) is 0 Å². The molecule has 0 aliphatic heterocycles. The van der Waals surface area contributed by atoms with Crippen LogP contribution >= 0.6 is 8.46 Å². The summed E-state index contributed by atoms with van der Waals surface area (Å²) in [4.78, 5) is 0. The van der Waals surface area contributed by atoms with Gasteiger partial charge in [0.15, 0.2) is 8.07 Å². The highest BCUT2D eigenvalue weighted by Crippen LogP contribution is 2.43. The van der Waals surface area contributed by atoms with Gasteiger partial charge in [-0.3, -0.25) is 0 Å². The van der Waals surface area contributed by atoms with E-state index in [1.807, 2.05) is 12.1 Å². The molecule has 0 aromatic heterocycles. The summed E-state index contributed by atoms with van der Waals surface area (Å²) in [6, 6.07) is 68.4. The van der Waals surface area contributed by atoms with Crippen LogP contribution < -0.4 is 26.1 Å². The first-order chi connectivity index (χ1) is 23.3. The van der Waals surface area contributed by atoms with Gasteiger partial charge in [-0.05, 0) is 64.5 Å². The van der Waals surface area contributed by atoms with E-state index in [1.54, 1.807) is 0 Å². The molecule has 0 saturated carbocycles. The van der Waals surface area contributed by atoms with Gasteiger partial charge in [-0.1, -0.05) is 188 Å². The number of hydrogen-bond donors (Lipinski definition) is 0. The lowest BCUT2D eigenvalue weighted by atomic mass is 9.86. The third-order valence-corrected chi connectivity index (χ3v) is 14.9. The zero-order valence-electron chi connectivity index (χ0n) is 25.9. The van der Waals surface area contributed by atoms with E-state index < -0.39 is 16.5 Å². The summed E-state index contributed by atoms with van der Waals surface area (Å²) in [6.45, 7) is 0. The van der Waals surface area contributed by atoms with Crippen LogP contribution in [0.2, 0.25) is 0 Å². The fraction of sp³-hybridized carbons (Fsp3) is 0. The van der Waals surface area contributed by atoms with Crippen molar-refractivity contribution in [2.45, 2.75) is 0 Å². The molecule has 0 spiro atoms. The lowest BCUT2D eigenvalue weighted by Gasteiger charge is -2.34. The summed E-state index contributed by atoms with van der Waals surface area (Å²) >= 11 is 0. The Balaban J connectivity index is 1.38. The summed E-state index contributed by atoms with van der Waals surface area (Å²) in [5, 5.41) is 11.2. The zero-order chi connectivity index (χ0) is 31.6. The maximum atomic E-state index is 11.6. The van der Waals surface area contributed by atoms with Gasteiger partial charge in [0.25, 0.3) is 0 Å². The number of benzene rings is 8. The Hall–Kier alpha value is -5.27. The van der Waals surface area contributed by atoms with E-state index in [4.69, 9.17) is 0 Å². The van der Waals surface area contributed by atoms with Crippen LogP contribution in [0.25, 0.3) is 43.8 Å². The third kappa shape index (κ3) is 4.98. The van der Waals surface area contributed by atoms with E-state index in [0.717, 1.165) is 10.9 Å². The van der Waals surface area contributed by atoms with Gasteiger partial charge in [0.1, 0.15) is 0 Å². The van der Waals surface area contributed by atoms with Crippen LogP contribution in [-0.2, 0) is 4.57 Å². The maximum absolute atomic E-state index is 11.6. The summed E-state index contributed by atoms with van der Waals surface area (Å²) in [5.74, 6) is 0. The normalized spacial score (nSPS) is 11.8. The SMILES string of the molecule is O=[PH2]c1ccc(-c2c3ccccc3c(-c3ccc([Si](c4ccccc4)(c4ccccc4)c4ccccc4)cc3)c3ccccc23)cc1. The molecule has 1 unspecified atom stereocenters. The zero-order valence-corrected chi connectivity index (χ0v) is 28.0. The molecule has 1 nitrogen and oxygen atoms in total. The standard InChI is InChI=1S/C44H33OPSi/c45-46-34-28-24-32(25-29-34)43-39-20-10-12-22-41(39)44(42-23-13-11-21-40(42)43)33-26-30-38(31-27-33)47(35-14-4-1-5-15-35,36-16-6-2-7-17-36)37-18-8-3-9-19-37/h1-31H,46H2. The summed E-state index contributed by atoms with van der Waals surface area (Å²) in [7, 11) is -3.56. The molecule has 0 N–H and O–H groups in total. The molecular formula is C44H33OPSi. The summed E-state index contributed by atoms with van der Waals surface area (Å²) in [6.07, 6.45) is 0. The molecule has 0 amide bonds. The second-order valence-corrected chi connectivity index (χ2v) is 16.7. The second-order valence-electron chi connectivity index (χ2n) is 12.0. The molecular weight excluding hydrogens is 604 g/mol. The first kappa shape index (κ1) is 29.2. The summed E-state index contributed by atoms with van der Waals surface area (Å²) < 4.78 is 11.6. The van der Waals surface area contributed by atoms with Crippen LogP contribution in [0.5, 0.6) is 0 Å². The average Bonchev–Trinajstić information content (AvgIpc) is 3.16. The molecule has 3 heteroatoms. The van der Waals surface area contributed by atoms with Crippen LogP contribution in [0.15, 0.2) is 188 Å². The molecule has 8 aromatic carbocycles. The topological polar surface area (TPSA) is 17.1 Å². The van der Waals surface area contributed by atoms with Crippen molar-refractivity contribution in [2.24, 2.45) is 0 Å².